The molecule has 2 atom stereocenters. The lowest BCUT2D eigenvalue weighted by Gasteiger charge is -2.02. The molecular weight excluding hydrogens is 308 g/mol. The molecule has 0 saturated carbocycles. The first-order valence-electron chi connectivity index (χ1n) is 7.71. The fourth-order valence-corrected chi connectivity index (χ4v) is 2.65. The van der Waals surface area contributed by atoms with Gasteiger partial charge in [-0.2, -0.15) is 4.98 Å². The van der Waals surface area contributed by atoms with Gasteiger partial charge in [-0.15, -0.1) is 0 Å². The summed E-state index contributed by atoms with van der Waals surface area (Å²) in [6, 6.07) is 3.75. The van der Waals surface area contributed by atoms with Crippen LogP contribution in [0.4, 0.5) is 0 Å². The number of hydrogen-bond donors (Lipinski definition) is 1. The van der Waals surface area contributed by atoms with Crippen molar-refractivity contribution in [2.45, 2.75) is 18.4 Å². The van der Waals surface area contributed by atoms with E-state index in [-0.39, 0.29) is 12.0 Å². The predicted molar refractivity (Wildman–Crippen MR) is 84.7 cm³/mol. The maximum Gasteiger partial charge on any atom is 0.232 e. The van der Waals surface area contributed by atoms with Gasteiger partial charge in [0.15, 0.2) is 5.82 Å². The molecule has 3 aromatic heterocycles. The van der Waals surface area contributed by atoms with Crippen LogP contribution >= 0.6 is 0 Å². The number of hydrogen-bond acceptors (Lipinski definition) is 8. The summed E-state index contributed by atoms with van der Waals surface area (Å²) in [5, 5.41) is 4.02. The van der Waals surface area contributed by atoms with Crippen LogP contribution in [0.25, 0.3) is 22.8 Å². The van der Waals surface area contributed by atoms with E-state index in [1.165, 1.54) is 0 Å². The van der Waals surface area contributed by atoms with Gasteiger partial charge in [-0.25, -0.2) is 9.97 Å². The summed E-state index contributed by atoms with van der Waals surface area (Å²) in [7, 11) is 0. The number of pyridine rings is 1. The first kappa shape index (κ1) is 14.9. The summed E-state index contributed by atoms with van der Waals surface area (Å²) in [6.45, 7) is 1.06. The van der Waals surface area contributed by atoms with Crippen molar-refractivity contribution in [2.24, 2.45) is 5.73 Å². The quantitative estimate of drug-likeness (QED) is 0.766. The predicted octanol–water partition coefficient (Wildman–Crippen LogP) is 1.42. The van der Waals surface area contributed by atoms with Crippen LogP contribution in [0, 0.1) is 0 Å². The van der Waals surface area contributed by atoms with E-state index in [0.717, 1.165) is 12.0 Å². The molecule has 2 N–H and O–H groups in total. The highest BCUT2D eigenvalue weighted by atomic mass is 16.5. The van der Waals surface area contributed by atoms with Crippen LogP contribution in [0.3, 0.4) is 0 Å². The third kappa shape index (κ3) is 2.89. The second-order valence-corrected chi connectivity index (χ2v) is 5.62. The van der Waals surface area contributed by atoms with E-state index in [0.29, 0.717) is 36.3 Å². The van der Waals surface area contributed by atoms with Gasteiger partial charge in [0.1, 0.15) is 0 Å². The molecule has 0 aliphatic carbocycles. The van der Waals surface area contributed by atoms with Gasteiger partial charge in [-0.3, -0.25) is 4.98 Å². The zero-order chi connectivity index (χ0) is 16.4. The van der Waals surface area contributed by atoms with E-state index < -0.39 is 0 Å². The van der Waals surface area contributed by atoms with E-state index >= 15 is 0 Å². The van der Waals surface area contributed by atoms with Crippen molar-refractivity contribution in [1.29, 1.82) is 0 Å². The molecule has 0 spiro atoms. The maximum absolute atomic E-state index is 5.62. The molecule has 2 unspecified atom stereocenters. The lowest BCUT2D eigenvalue weighted by molar-refractivity contribution is 0.114. The monoisotopic (exact) mass is 324 g/mol. The highest BCUT2D eigenvalue weighted by molar-refractivity contribution is 5.57. The third-order valence-corrected chi connectivity index (χ3v) is 3.96. The Morgan fingerprint density at radius 1 is 1.12 bits per heavy atom. The second-order valence-electron chi connectivity index (χ2n) is 5.62. The summed E-state index contributed by atoms with van der Waals surface area (Å²) in [5.74, 6) is 1.73. The van der Waals surface area contributed by atoms with Crippen LogP contribution in [0.1, 0.15) is 18.2 Å². The highest BCUT2D eigenvalue weighted by Crippen LogP contribution is 2.29. The van der Waals surface area contributed by atoms with Crippen molar-refractivity contribution < 1.29 is 9.26 Å². The summed E-state index contributed by atoms with van der Waals surface area (Å²) < 4.78 is 10.9. The maximum atomic E-state index is 5.62. The Balaban J connectivity index is 1.52. The molecule has 4 rings (SSSR count). The van der Waals surface area contributed by atoms with Crippen molar-refractivity contribution in [3.63, 3.8) is 0 Å². The number of rotatable bonds is 4. The van der Waals surface area contributed by atoms with Gasteiger partial charge >= 0.3 is 0 Å². The van der Waals surface area contributed by atoms with Crippen LogP contribution in [-0.2, 0) is 4.74 Å². The minimum Gasteiger partial charge on any atom is -0.376 e. The average Bonchev–Trinajstić information content (AvgIpc) is 3.32. The smallest absolute Gasteiger partial charge is 0.232 e. The zero-order valence-corrected chi connectivity index (χ0v) is 12.9. The standard InChI is InChI=1S/C16H16N6O2/c17-5-13-4-11(9-23-13)16-21-15(22-24-16)12-7-19-14(20-8-12)10-2-1-3-18-6-10/h1-3,6-8,11,13H,4-5,9,17H2. The lowest BCUT2D eigenvalue weighted by atomic mass is 10.1. The van der Waals surface area contributed by atoms with Crippen LogP contribution in [0.15, 0.2) is 41.4 Å². The van der Waals surface area contributed by atoms with Crippen LogP contribution in [0.2, 0.25) is 0 Å². The number of nitrogens with zero attached hydrogens (tertiary/aromatic N) is 5. The normalized spacial score (nSPS) is 20.4. The zero-order valence-electron chi connectivity index (χ0n) is 12.9. The number of aromatic nitrogens is 5. The Bertz CT molecular complexity index is 805. The van der Waals surface area contributed by atoms with Crippen LogP contribution in [0.5, 0.6) is 0 Å². The fraction of sp³-hybridized carbons (Fsp3) is 0.312. The highest BCUT2D eigenvalue weighted by Gasteiger charge is 2.30. The molecule has 8 heteroatoms. The molecule has 1 aliphatic rings. The molecule has 1 aliphatic heterocycles. The number of nitrogens with two attached hydrogens (primary N) is 1. The Kier molecular flexibility index (Phi) is 3.97. The van der Waals surface area contributed by atoms with Crippen molar-refractivity contribution in [3.8, 4) is 22.8 Å². The summed E-state index contributed by atoms with van der Waals surface area (Å²) in [5.41, 5.74) is 7.18. The van der Waals surface area contributed by atoms with Crippen molar-refractivity contribution >= 4 is 0 Å². The topological polar surface area (TPSA) is 113 Å². The van der Waals surface area contributed by atoms with Crippen LogP contribution < -0.4 is 5.73 Å². The van der Waals surface area contributed by atoms with E-state index in [2.05, 4.69) is 25.1 Å². The van der Waals surface area contributed by atoms with Gasteiger partial charge in [-0.1, -0.05) is 5.16 Å². The van der Waals surface area contributed by atoms with Gasteiger partial charge in [0.2, 0.25) is 11.7 Å². The molecule has 24 heavy (non-hydrogen) atoms. The first-order valence-corrected chi connectivity index (χ1v) is 7.71. The van der Waals surface area contributed by atoms with Gasteiger partial charge < -0.3 is 15.0 Å². The Morgan fingerprint density at radius 3 is 2.71 bits per heavy atom. The molecule has 0 amide bonds. The number of ether oxygens (including phenoxy) is 1. The minimum absolute atomic E-state index is 0.0625. The first-order chi connectivity index (χ1) is 11.8. The van der Waals surface area contributed by atoms with Crippen molar-refractivity contribution in [2.75, 3.05) is 13.2 Å². The molecule has 122 valence electrons. The Hall–Kier alpha value is -2.71. The van der Waals surface area contributed by atoms with E-state index in [4.69, 9.17) is 15.0 Å². The fourth-order valence-electron chi connectivity index (χ4n) is 2.65. The molecule has 8 nitrogen and oxygen atoms in total. The minimum atomic E-state index is 0.0625. The second kappa shape index (κ2) is 6.42. The van der Waals surface area contributed by atoms with Crippen molar-refractivity contribution in [1.82, 2.24) is 25.1 Å². The molecule has 0 bridgehead atoms. The Morgan fingerprint density at radius 2 is 2.00 bits per heavy atom. The molecule has 4 heterocycles. The molecule has 1 fully saturated rings. The van der Waals surface area contributed by atoms with E-state index in [9.17, 15) is 0 Å². The average molecular weight is 324 g/mol. The molecular formula is C16H16N6O2. The van der Waals surface area contributed by atoms with Crippen molar-refractivity contribution in [3.05, 3.63) is 42.8 Å². The van der Waals surface area contributed by atoms with E-state index in [1.807, 2.05) is 12.1 Å². The largest absolute Gasteiger partial charge is 0.376 e. The van der Waals surface area contributed by atoms with Gasteiger partial charge in [0, 0.05) is 36.9 Å². The third-order valence-electron chi connectivity index (χ3n) is 3.96. The van der Waals surface area contributed by atoms with Gasteiger partial charge in [0.05, 0.1) is 24.2 Å². The summed E-state index contributed by atoms with van der Waals surface area (Å²) >= 11 is 0. The lowest BCUT2D eigenvalue weighted by Crippen LogP contribution is -2.18. The van der Waals surface area contributed by atoms with Crippen LogP contribution in [-0.4, -0.2) is 44.3 Å². The Labute approximate surface area is 138 Å². The van der Waals surface area contributed by atoms with E-state index in [1.54, 1.807) is 24.8 Å². The van der Waals surface area contributed by atoms with Gasteiger partial charge in [-0.05, 0) is 18.6 Å². The molecule has 0 radical (unpaired) electrons. The SMILES string of the molecule is NCC1CC(c2nc(-c3cnc(-c4cccnc4)nc3)no2)CO1. The van der Waals surface area contributed by atoms with Gasteiger partial charge in [0.25, 0.3) is 0 Å². The molecule has 1 saturated heterocycles. The summed E-state index contributed by atoms with van der Waals surface area (Å²) in [6.07, 6.45) is 7.65. The molecule has 3 aromatic rings. The molecule has 0 aromatic carbocycles. The summed E-state index contributed by atoms with van der Waals surface area (Å²) in [4.78, 5) is 17.2.